The van der Waals surface area contributed by atoms with E-state index in [9.17, 15) is 4.79 Å². The van der Waals surface area contributed by atoms with E-state index in [1.165, 1.54) is 0 Å². The second-order valence-corrected chi connectivity index (χ2v) is 4.42. The van der Waals surface area contributed by atoms with Gasteiger partial charge in [0.2, 0.25) is 5.91 Å². The molecule has 0 bridgehead atoms. The number of nitrogens with two attached hydrogens (primary N) is 1. The highest BCUT2D eigenvalue weighted by Gasteiger charge is 2.24. The molecule has 3 atom stereocenters. The van der Waals surface area contributed by atoms with E-state index >= 15 is 0 Å². The number of nitrogens with one attached hydrogen (secondary N) is 1. The van der Waals surface area contributed by atoms with Gasteiger partial charge in [-0.25, -0.2) is 0 Å². The summed E-state index contributed by atoms with van der Waals surface area (Å²) in [5, 5.41) is 10.7. The van der Waals surface area contributed by atoms with E-state index in [1.807, 2.05) is 26.1 Å². The van der Waals surface area contributed by atoms with Crippen molar-refractivity contribution in [1.29, 1.82) is 0 Å². The summed E-state index contributed by atoms with van der Waals surface area (Å²) in [6.07, 6.45) is 6.03. The number of aryl methyl sites for hydroxylation is 1. The third kappa shape index (κ3) is 2.52. The molecule has 3 N–H and O–H groups in total. The summed E-state index contributed by atoms with van der Waals surface area (Å²) in [6.45, 7) is 1.89. The Hall–Kier alpha value is -1.69. The molecule has 92 valence electrons. The minimum atomic E-state index is -0.153. The third-order valence-corrected chi connectivity index (χ3v) is 2.95. The summed E-state index contributed by atoms with van der Waals surface area (Å²) in [5.74, 6) is 0.606. The second kappa shape index (κ2) is 4.67. The van der Waals surface area contributed by atoms with E-state index in [-0.39, 0.29) is 23.9 Å². The Morgan fingerprint density at radius 2 is 2.41 bits per heavy atom. The standard InChI is InChI=1S/C11H17N5O/c1-7(10-15-13-6-16(10)2)14-11(17)8-3-4-9(12)5-8/h3-4,6-9H,5,12H2,1-2H3,(H,14,17). The highest BCUT2D eigenvalue weighted by molar-refractivity contribution is 5.81. The highest BCUT2D eigenvalue weighted by atomic mass is 16.1. The zero-order chi connectivity index (χ0) is 12.4. The Kier molecular flexibility index (Phi) is 3.23. The van der Waals surface area contributed by atoms with Crippen molar-refractivity contribution >= 4 is 5.91 Å². The Bertz CT molecular complexity index is 439. The molecular weight excluding hydrogens is 218 g/mol. The van der Waals surface area contributed by atoms with Gasteiger partial charge < -0.3 is 15.6 Å². The number of hydrogen-bond donors (Lipinski definition) is 2. The van der Waals surface area contributed by atoms with Gasteiger partial charge in [0, 0.05) is 13.1 Å². The third-order valence-electron chi connectivity index (χ3n) is 2.95. The van der Waals surface area contributed by atoms with Crippen LogP contribution in [-0.2, 0) is 11.8 Å². The lowest BCUT2D eigenvalue weighted by Crippen LogP contribution is -2.33. The van der Waals surface area contributed by atoms with Crippen LogP contribution in [0.3, 0.4) is 0 Å². The van der Waals surface area contributed by atoms with Crippen LogP contribution in [0.1, 0.15) is 25.2 Å². The number of amides is 1. The first-order valence-electron chi connectivity index (χ1n) is 5.66. The van der Waals surface area contributed by atoms with E-state index in [1.54, 1.807) is 10.9 Å². The molecule has 0 spiro atoms. The summed E-state index contributed by atoms with van der Waals surface area (Å²) in [7, 11) is 1.85. The van der Waals surface area contributed by atoms with Crippen LogP contribution < -0.4 is 11.1 Å². The molecule has 1 aromatic heterocycles. The Morgan fingerprint density at radius 3 is 2.94 bits per heavy atom. The van der Waals surface area contributed by atoms with Crippen molar-refractivity contribution in [3.8, 4) is 0 Å². The zero-order valence-electron chi connectivity index (χ0n) is 10.00. The fourth-order valence-corrected chi connectivity index (χ4v) is 1.99. The summed E-state index contributed by atoms with van der Waals surface area (Å²) < 4.78 is 1.79. The van der Waals surface area contributed by atoms with Crippen LogP contribution in [0.5, 0.6) is 0 Å². The summed E-state index contributed by atoms with van der Waals surface area (Å²) in [4.78, 5) is 11.9. The molecule has 1 aliphatic carbocycles. The maximum absolute atomic E-state index is 11.9. The van der Waals surface area contributed by atoms with E-state index in [2.05, 4.69) is 15.5 Å². The smallest absolute Gasteiger partial charge is 0.227 e. The number of carbonyl (C=O) groups is 1. The number of rotatable bonds is 3. The van der Waals surface area contributed by atoms with Gasteiger partial charge in [-0.15, -0.1) is 10.2 Å². The number of aromatic nitrogens is 3. The molecule has 0 fully saturated rings. The van der Waals surface area contributed by atoms with E-state index in [4.69, 9.17) is 5.73 Å². The van der Waals surface area contributed by atoms with Crippen LogP contribution in [-0.4, -0.2) is 26.7 Å². The molecule has 6 heteroatoms. The van der Waals surface area contributed by atoms with Crippen molar-refractivity contribution in [2.45, 2.75) is 25.4 Å². The van der Waals surface area contributed by atoms with Crippen LogP contribution >= 0.6 is 0 Å². The summed E-state index contributed by atoms with van der Waals surface area (Å²) >= 11 is 0. The van der Waals surface area contributed by atoms with Crippen LogP contribution in [0, 0.1) is 5.92 Å². The number of hydrogen-bond acceptors (Lipinski definition) is 4. The maximum Gasteiger partial charge on any atom is 0.227 e. The molecular formula is C11H17N5O. The molecule has 0 radical (unpaired) electrons. The van der Waals surface area contributed by atoms with Gasteiger partial charge >= 0.3 is 0 Å². The average molecular weight is 235 g/mol. The van der Waals surface area contributed by atoms with Gasteiger partial charge in [-0.3, -0.25) is 4.79 Å². The minimum Gasteiger partial charge on any atom is -0.346 e. The first-order valence-corrected chi connectivity index (χ1v) is 5.66. The van der Waals surface area contributed by atoms with Crippen molar-refractivity contribution < 1.29 is 4.79 Å². The quantitative estimate of drug-likeness (QED) is 0.716. The molecule has 1 aliphatic rings. The fraction of sp³-hybridized carbons (Fsp3) is 0.545. The van der Waals surface area contributed by atoms with Crippen molar-refractivity contribution in [3.63, 3.8) is 0 Å². The molecule has 17 heavy (non-hydrogen) atoms. The highest BCUT2D eigenvalue weighted by Crippen LogP contribution is 2.18. The van der Waals surface area contributed by atoms with Crippen LogP contribution in [0.4, 0.5) is 0 Å². The van der Waals surface area contributed by atoms with Crippen LogP contribution in [0.25, 0.3) is 0 Å². The van der Waals surface area contributed by atoms with Crippen molar-refractivity contribution in [3.05, 3.63) is 24.3 Å². The van der Waals surface area contributed by atoms with Crippen molar-refractivity contribution in [1.82, 2.24) is 20.1 Å². The second-order valence-electron chi connectivity index (χ2n) is 4.42. The van der Waals surface area contributed by atoms with Crippen molar-refractivity contribution in [2.24, 2.45) is 18.7 Å². The van der Waals surface area contributed by atoms with E-state index in [0.29, 0.717) is 6.42 Å². The van der Waals surface area contributed by atoms with Gasteiger partial charge in [0.1, 0.15) is 6.33 Å². The van der Waals surface area contributed by atoms with Gasteiger partial charge in [0.25, 0.3) is 0 Å². The molecule has 0 saturated carbocycles. The van der Waals surface area contributed by atoms with Crippen LogP contribution in [0.2, 0.25) is 0 Å². The predicted octanol–water partition coefficient (Wildman–Crippen LogP) is -0.104. The van der Waals surface area contributed by atoms with Gasteiger partial charge in [0.05, 0.1) is 12.0 Å². The molecule has 1 aromatic rings. The van der Waals surface area contributed by atoms with Gasteiger partial charge in [-0.1, -0.05) is 12.2 Å². The Balaban J connectivity index is 1.95. The molecule has 2 rings (SSSR count). The first kappa shape index (κ1) is 11.8. The molecule has 0 aromatic carbocycles. The monoisotopic (exact) mass is 235 g/mol. The van der Waals surface area contributed by atoms with E-state index in [0.717, 1.165) is 5.82 Å². The lowest BCUT2D eigenvalue weighted by molar-refractivity contribution is -0.124. The fourth-order valence-electron chi connectivity index (χ4n) is 1.99. The Labute approximate surface area is 99.9 Å². The molecule has 3 unspecified atom stereocenters. The largest absolute Gasteiger partial charge is 0.346 e. The number of nitrogens with zero attached hydrogens (tertiary/aromatic N) is 3. The first-order chi connectivity index (χ1) is 8.08. The molecule has 6 nitrogen and oxygen atoms in total. The maximum atomic E-state index is 11.9. The normalized spacial score (nSPS) is 24.9. The zero-order valence-corrected chi connectivity index (χ0v) is 10.00. The lowest BCUT2D eigenvalue weighted by atomic mass is 10.1. The molecule has 1 heterocycles. The number of carbonyl (C=O) groups excluding carboxylic acids is 1. The minimum absolute atomic E-state index is 0.00381. The van der Waals surface area contributed by atoms with Crippen molar-refractivity contribution in [2.75, 3.05) is 0 Å². The molecule has 1 amide bonds. The average Bonchev–Trinajstić information content (AvgIpc) is 2.86. The Morgan fingerprint density at radius 1 is 1.65 bits per heavy atom. The van der Waals surface area contributed by atoms with E-state index < -0.39 is 0 Å². The summed E-state index contributed by atoms with van der Waals surface area (Å²) in [5.41, 5.74) is 5.72. The van der Waals surface area contributed by atoms with Gasteiger partial charge in [-0.05, 0) is 13.3 Å². The topological polar surface area (TPSA) is 85.8 Å². The molecule has 0 saturated heterocycles. The lowest BCUT2D eigenvalue weighted by Gasteiger charge is -2.16. The predicted molar refractivity (Wildman–Crippen MR) is 62.8 cm³/mol. The van der Waals surface area contributed by atoms with Gasteiger partial charge in [0.15, 0.2) is 5.82 Å². The van der Waals surface area contributed by atoms with Gasteiger partial charge in [-0.2, -0.15) is 0 Å². The van der Waals surface area contributed by atoms with Crippen LogP contribution in [0.15, 0.2) is 18.5 Å². The SMILES string of the molecule is CC(NC(=O)C1C=CC(N)C1)c1nncn1C. The summed E-state index contributed by atoms with van der Waals surface area (Å²) in [6, 6.07) is -0.156. The molecule has 0 aliphatic heterocycles.